The number of carbonyl (C=O) groups is 1. The molecule has 0 aliphatic carbocycles. The first-order valence-electron chi connectivity index (χ1n) is 8.80. The Morgan fingerprint density at radius 2 is 2.00 bits per heavy atom. The number of benzene rings is 1. The molecule has 1 aromatic heterocycles. The van der Waals surface area contributed by atoms with Crippen LogP contribution in [0.15, 0.2) is 36.7 Å². The van der Waals surface area contributed by atoms with Gasteiger partial charge in [0.2, 0.25) is 0 Å². The van der Waals surface area contributed by atoms with Crippen molar-refractivity contribution < 1.29 is 9.18 Å². The molecule has 1 amide bonds. The third-order valence-electron chi connectivity index (χ3n) is 4.43. The van der Waals surface area contributed by atoms with Gasteiger partial charge in [-0.25, -0.2) is 4.39 Å². The minimum atomic E-state index is -0.364. The van der Waals surface area contributed by atoms with Crippen LogP contribution >= 0.6 is 22.6 Å². The third kappa shape index (κ3) is 5.14. The fourth-order valence-electron chi connectivity index (χ4n) is 3.03. The number of hydrogen-bond acceptors (Lipinski definition) is 4. The molecule has 26 heavy (non-hydrogen) atoms. The Bertz CT molecular complexity index is 765. The molecule has 5 nitrogen and oxygen atoms in total. The minimum absolute atomic E-state index is 0.183. The molecular formula is C19H22FIN4O. The van der Waals surface area contributed by atoms with Gasteiger partial charge in [-0.1, -0.05) is 6.42 Å². The first-order chi connectivity index (χ1) is 12.6. The van der Waals surface area contributed by atoms with Crippen molar-refractivity contribution in [3.05, 3.63) is 51.6 Å². The van der Waals surface area contributed by atoms with E-state index in [1.807, 2.05) is 0 Å². The van der Waals surface area contributed by atoms with Crippen molar-refractivity contribution in [2.45, 2.75) is 19.3 Å². The molecule has 0 saturated carbocycles. The van der Waals surface area contributed by atoms with Crippen LogP contribution in [-0.2, 0) is 0 Å². The second-order valence-corrected chi connectivity index (χ2v) is 7.57. The Kier molecular flexibility index (Phi) is 6.79. The number of nitrogens with one attached hydrogen (secondary N) is 2. The second-order valence-electron chi connectivity index (χ2n) is 6.33. The van der Waals surface area contributed by atoms with Crippen molar-refractivity contribution in [2.75, 3.05) is 31.5 Å². The highest BCUT2D eigenvalue weighted by molar-refractivity contribution is 14.1. The van der Waals surface area contributed by atoms with Crippen molar-refractivity contribution in [2.24, 2.45) is 0 Å². The number of aromatic nitrogens is 1. The summed E-state index contributed by atoms with van der Waals surface area (Å²) >= 11 is 2.06. The molecule has 1 aliphatic rings. The summed E-state index contributed by atoms with van der Waals surface area (Å²) in [5.41, 5.74) is 1.26. The van der Waals surface area contributed by atoms with Gasteiger partial charge in [0.15, 0.2) is 0 Å². The van der Waals surface area contributed by atoms with Gasteiger partial charge in [-0.05, 0) is 72.8 Å². The van der Waals surface area contributed by atoms with Crippen LogP contribution in [0.5, 0.6) is 0 Å². The fraction of sp³-hybridized carbons (Fsp3) is 0.368. The lowest BCUT2D eigenvalue weighted by Gasteiger charge is -2.26. The molecule has 0 unspecified atom stereocenters. The van der Waals surface area contributed by atoms with E-state index in [1.165, 1.54) is 31.5 Å². The predicted octanol–water partition coefficient (Wildman–Crippen LogP) is 3.78. The molecule has 1 saturated heterocycles. The average molecular weight is 468 g/mol. The summed E-state index contributed by atoms with van der Waals surface area (Å²) in [6, 6.07) is 6.55. The fourth-order valence-corrected chi connectivity index (χ4v) is 3.49. The van der Waals surface area contributed by atoms with Crippen LogP contribution < -0.4 is 10.6 Å². The SMILES string of the molecule is O=C(NCCN1CCCCC1)c1ccncc1Nc1ccc(I)cc1F. The maximum Gasteiger partial charge on any atom is 0.253 e. The van der Waals surface area contributed by atoms with E-state index >= 15 is 0 Å². The number of likely N-dealkylation sites (tertiary alicyclic amines) is 1. The van der Waals surface area contributed by atoms with Crippen LogP contribution in [-0.4, -0.2) is 42.0 Å². The van der Waals surface area contributed by atoms with E-state index in [9.17, 15) is 9.18 Å². The van der Waals surface area contributed by atoms with Crippen LogP contribution in [0.25, 0.3) is 0 Å². The van der Waals surface area contributed by atoms with E-state index in [-0.39, 0.29) is 11.7 Å². The molecule has 0 spiro atoms. The molecule has 0 bridgehead atoms. The van der Waals surface area contributed by atoms with Gasteiger partial charge in [-0.2, -0.15) is 0 Å². The number of nitrogens with zero attached hydrogens (tertiary/aromatic N) is 2. The summed E-state index contributed by atoms with van der Waals surface area (Å²) in [4.78, 5) is 19.0. The molecule has 2 N–H and O–H groups in total. The molecule has 3 rings (SSSR count). The van der Waals surface area contributed by atoms with Crippen LogP contribution in [0.1, 0.15) is 29.6 Å². The average Bonchev–Trinajstić information content (AvgIpc) is 2.65. The van der Waals surface area contributed by atoms with E-state index < -0.39 is 0 Å². The molecule has 1 aromatic carbocycles. The Hall–Kier alpha value is -1.74. The van der Waals surface area contributed by atoms with Crippen LogP contribution in [0.4, 0.5) is 15.8 Å². The van der Waals surface area contributed by atoms with Crippen molar-refractivity contribution >= 4 is 39.9 Å². The molecule has 2 heterocycles. The maximum absolute atomic E-state index is 14.1. The largest absolute Gasteiger partial charge is 0.351 e. The molecule has 0 atom stereocenters. The van der Waals surface area contributed by atoms with Crippen LogP contribution in [0.3, 0.4) is 0 Å². The first kappa shape index (κ1) is 19.0. The number of halogens is 2. The van der Waals surface area contributed by atoms with E-state index in [4.69, 9.17) is 0 Å². The van der Waals surface area contributed by atoms with Crippen molar-refractivity contribution in [3.63, 3.8) is 0 Å². The number of pyridine rings is 1. The molecule has 0 radical (unpaired) electrons. The van der Waals surface area contributed by atoms with Crippen molar-refractivity contribution in [1.82, 2.24) is 15.2 Å². The highest BCUT2D eigenvalue weighted by atomic mass is 127. The number of amides is 1. The summed E-state index contributed by atoms with van der Waals surface area (Å²) < 4.78 is 14.9. The zero-order valence-electron chi connectivity index (χ0n) is 14.5. The van der Waals surface area contributed by atoms with Crippen molar-refractivity contribution in [1.29, 1.82) is 0 Å². The van der Waals surface area contributed by atoms with E-state index in [0.29, 0.717) is 23.5 Å². The Morgan fingerprint density at radius 1 is 1.19 bits per heavy atom. The minimum Gasteiger partial charge on any atom is -0.351 e. The second kappa shape index (κ2) is 9.27. The molecule has 1 aliphatic heterocycles. The maximum atomic E-state index is 14.1. The number of piperidine rings is 1. The van der Waals surface area contributed by atoms with Crippen molar-refractivity contribution in [3.8, 4) is 0 Å². The summed E-state index contributed by atoms with van der Waals surface area (Å²) in [6.45, 7) is 3.65. The topological polar surface area (TPSA) is 57.3 Å². The normalized spacial score (nSPS) is 14.8. The number of carbonyl (C=O) groups excluding carboxylic acids is 1. The Morgan fingerprint density at radius 3 is 2.77 bits per heavy atom. The molecule has 7 heteroatoms. The van der Waals surface area contributed by atoms with Gasteiger partial charge in [-0.3, -0.25) is 9.78 Å². The smallest absolute Gasteiger partial charge is 0.253 e. The molecular weight excluding hydrogens is 446 g/mol. The quantitative estimate of drug-likeness (QED) is 0.634. The number of hydrogen-bond donors (Lipinski definition) is 2. The summed E-state index contributed by atoms with van der Waals surface area (Å²) in [5, 5.41) is 5.93. The Labute approximate surface area is 166 Å². The van der Waals surface area contributed by atoms with Gasteiger partial charge in [0.1, 0.15) is 5.82 Å². The van der Waals surface area contributed by atoms with Gasteiger partial charge in [0, 0.05) is 22.9 Å². The number of rotatable bonds is 6. The van der Waals surface area contributed by atoms with Crippen LogP contribution in [0.2, 0.25) is 0 Å². The Balaban J connectivity index is 1.63. The zero-order valence-corrected chi connectivity index (χ0v) is 16.6. The van der Waals surface area contributed by atoms with Gasteiger partial charge in [0.05, 0.1) is 23.1 Å². The lowest BCUT2D eigenvalue weighted by atomic mass is 10.1. The summed E-state index contributed by atoms with van der Waals surface area (Å²) in [6.07, 6.45) is 6.86. The van der Waals surface area contributed by atoms with E-state index in [1.54, 1.807) is 24.4 Å². The number of anilines is 2. The summed E-state index contributed by atoms with van der Waals surface area (Å²) in [5.74, 6) is -0.546. The highest BCUT2D eigenvalue weighted by Crippen LogP contribution is 2.23. The molecule has 2 aromatic rings. The van der Waals surface area contributed by atoms with Gasteiger partial charge in [-0.15, -0.1) is 0 Å². The predicted molar refractivity (Wildman–Crippen MR) is 109 cm³/mol. The monoisotopic (exact) mass is 468 g/mol. The van der Waals surface area contributed by atoms with Gasteiger partial charge >= 0.3 is 0 Å². The van der Waals surface area contributed by atoms with E-state index in [0.717, 1.165) is 23.2 Å². The zero-order chi connectivity index (χ0) is 18.4. The van der Waals surface area contributed by atoms with Gasteiger partial charge in [0.25, 0.3) is 5.91 Å². The van der Waals surface area contributed by atoms with E-state index in [2.05, 4.69) is 43.1 Å². The third-order valence-corrected chi connectivity index (χ3v) is 5.10. The lowest BCUT2D eigenvalue weighted by molar-refractivity contribution is 0.0947. The molecule has 138 valence electrons. The standard InChI is InChI=1S/C19H22FIN4O/c20-16-12-14(21)4-5-17(16)24-18-13-22-7-6-15(18)19(26)23-8-11-25-9-2-1-3-10-25/h4-7,12-13,24H,1-3,8-11H2,(H,23,26). The molecule has 1 fully saturated rings. The summed E-state index contributed by atoms with van der Waals surface area (Å²) in [7, 11) is 0. The lowest BCUT2D eigenvalue weighted by Crippen LogP contribution is -2.37. The van der Waals surface area contributed by atoms with Gasteiger partial charge < -0.3 is 15.5 Å². The van der Waals surface area contributed by atoms with Crippen LogP contribution in [0, 0.1) is 9.39 Å². The first-order valence-corrected chi connectivity index (χ1v) is 9.88. The highest BCUT2D eigenvalue weighted by Gasteiger charge is 2.14.